The van der Waals surface area contributed by atoms with Crippen LogP contribution in [0.4, 0.5) is 0 Å². The van der Waals surface area contributed by atoms with E-state index in [1.807, 2.05) is 182 Å². The van der Waals surface area contributed by atoms with Gasteiger partial charge in [-0.2, -0.15) is 15.0 Å². The lowest BCUT2D eigenvalue weighted by Gasteiger charge is -2.34. The zero-order chi connectivity index (χ0) is 47.5. The Morgan fingerprint density at radius 2 is 0.913 bits per heavy atom. The number of fused-ring (bicyclic) bond motifs is 1. The minimum absolute atomic E-state index is 0.0327. The van der Waals surface area contributed by atoms with Crippen LogP contribution in [0.2, 0.25) is 0 Å². The highest BCUT2D eigenvalue weighted by molar-refractivity contribution is 5.78. The number of ketones is 1. The lowest BCUT2D eigenvalue weighted by atomic mass is 10.1. The normalized spacial score (nSPS) is 12.5. The Morgan fingerprint density at radius 1 is 0.478 bits per heavy atom. The first-order chi connectivity index (χ1) is 33.9. The topological polar surface area (TPSA) is 142 Å². The number of carbonyl (C=O) groups is 1. The summed E-state index contributed by atoms with van der Waals surface area (Å²) >= 11 is 0. The molecule has 6 aromatic carbocycles. The summed E-state index contributed by atoms with van der Waals surface area (Å²) in [6.45, 7) is 1.99. The van der Waals surface area contributed by atoms with Crippen LogP contribution in [0.5, 0.6) is 17.8 Å². The van der Waals surface area contributed by atoms with Crippen LogP contribution in [0.1, 0.15) is 40.3 Å². The van der Waals surface area contributed by atoms with E-state index in [4.69, 9.17) is 38.1 Å². The lowest BCUT2D eigenvalue weighted by molar-refractivity contribution is -0.171. The Balaban J connectivity index is 1.25. The van der Waals surface area contributed by atoms with E-state index in [-0.39, 0.29) is 80.9 Å². The lowest BCUT2D eigenvalue weighted by Crippen LogP contribution is -2.48. The van der Waals surface area contributed by atoms with Gasteiger partial charge in [-0.25, -0.2) is 0 Å². The summed E-state index contributed by atoms with van der Waals surface area (Å²) in [5.74, 6) is -0.627. The molecule has 0 bridgehead atoms. The zero-order valence-corrected chi connectivity index (χ0v) is 38.4. The third kappa shape index (κ3) is 14.2. The van der Waals surface area contributed by atoms with Crippen LogP contribution in [0.25, 0.3) is 11.2 Å². The molecule has 0 amide bonds. The Kier molecular flexibility index (Phi) is 17.4. The van der Waals surface area contributed by atoms with Gasteiger partial charge in [-0.15, -0.1) is 0 Å². The van der Waals surface area contributed by atoms with Crippen molar-refractivity contribution in [2.75, 3.05) is 13.2 Å². The molecule has 0 fully saturated rings. The molecule has 0 unspecified atom stereocenters. The maximum absolute atomic E-state index is 15.0. The molecule has 0 N–H and O–H groups in total. The van der Waals surface area contributed by atoms with Gasteiger partial charge in [0.05, 0.1) is 39.6 Å². The van der Waals surface area contributed by atoms with Gasteiger partial charge < -0.3 is 33.2 Å². The fourth-order valence-electron chi connectivity index (χ4n) is 7.41. The Morgan fingerprint density at radius 3 is 1.41 bits per heavy atom. The molecule has 2 heterocycles. The number of hydrogen-bond acceptors (Lipinski definition) is 12. The number of aromatic nitrogens is 4. The van der Waals surface area contributed by atoms with Crippen LogP contribution in [0, 0.1) is 0 Å². The van der Waals surface area contributed by atoms with Crippen molar-refractivity contribution in [2.45, 2.75) is 71.4 Å². The second-order valence-corrected chi connectivity index (χ2v) is 16.3. The summed E-state index contributed by atoms with van der Waals surface area (Å²) in [6, 6.07) is 58.4. The average molecular weight is 927 g/mol. The van der Waals surface area contributed by atoms with Gasteiger partial charge in [0.15, 0.2) is 16.9 Å². The molecule has 0 radical (unpaired) electrons. The molecular formula is C56H54N4O9. The molecule has 0 aliphatic heterocycles. The molecule has 352 valence electrons. The van der Waals surface area contributed by atoms with Gasteiger partial charge in [0.25, 0.3) is 5.88 Å². The van der Waals surface area contributed by atoms with Gasteiger partial charge in [-0.1, -0.05) is 182 Å². The molecular weight excluding hydrogens is 873 g/mol. The minimum atomic E-state index is -0.934. The number of rotatable bonds is 26. The van der Waals surface area contributed by atoms with Crippen molar-refractivity contribution in [2.24, 2.45) is 0 Å². The van der Waals surface area contributed by atoms with E-state index in [0.29, 0.717) is 6.61 Å². The number of ether oxygens (including phenoxy) is 7. The van der Waals surface area contributed by atoms with Gasteiger partial charge in [0.1, 0.15) is 38.1 Å². The fourth-order valence-corrected chi connectivity index (χ4v) is 7.41. The van der Waals surface area contributed by atoms with E-state index < -0.39 is 30.5 Å². The standard InChI is InChI=1S/C56H54N4O9/c1-41(61)33-67-54-55(62)60(52-50(57-54)53(68-38-46-28-16-6-17-29-46)59-56(58-52)69-39-47-30-18-7-19-31-47)32-48(64-35-43-22-10-3-11-23-43)51(66-37-45-26-14-5-15-27-45)49(65-36-44-24-12-4-13-25-44)40-63-34-42-20-8-2-9-21-42/h2-31,48-49,51H,32-40H2,1H3/t48-,49+,51-/m0/s1. The van der Waals surface area contributed by atoms with Gasteiger partial charge in [-0.3, -0.25) is 14.2 Å². The second-order valence-electron chi connectivity index (χ2n) is 16.3. The van der Waals surface area contributed by atoms with Crippen LogP contribution in [0.15, 0.2) is 187 Å². The third-order valence-electron chi connectivity index (χ3n) is 10.9. The number of carbonyl (C=O) groups excluding carboxylic acids is 1. The quantitative estimate of drug-likeness (QED) is 0.0511. The maximum Gasteiger partial charge on any atom is 0.322 e. The van der Waals surface area contributed by atoms with E-state index in [2.05, 4.69) is 9.97 Å². The van der Waals surface area contributed by atoms with Gasteiger partial charge in [0, 0.05) is 0 Å². The van der Waals surface area contributed by atoms with Crippen molar-refractivity contribution in [1.82, 2.24) is 19.5 Å². The first-order valence-electron chi connectivity index (χ1n) is 22.8. The number of Topliss-reactive ketones (excluding diaryl/α,β-unsaturated/α-hetero) is 1. The Hall–Kier alpha value is -7.55. The highest BCUT2D eigenvalue weighted by atomic mass is 16.6. The summed E-state index contributed by atoms with van der Waals surface area (Å²) in [6.07, 6.45) is -2.56. The predicted octanol–water partition coefficient (Wildman–Crippen LogP) is 9.29. The third-order valence-corrected chi connectivity index (χ3v) is 10.9. The van der Waals surface area contributed by atoms with Gasteiger partial charge in [0.2, 0.25) is 5.88 Å². The van der Waals surface area contributed by atoms with Crippen molar-refractivity contribution >= 4 is 16.9 Å². The van der Waals surface area contributed by atoms with Crippen molar-refractivity contribution in [1.29, 1.82) is 0 Å². The number of benzene rings is 6. The molecule has 8 rings (SSSR count). The Bertz CT molecular complexity index is 2860. The first-order valence-corrected chi connectivity index (χ1v) is 22.8. The van der Waals surface area contributed by atoms with Gasteiger partial charge >= 0.3 is 11.6 Å². The van der Waals surface area contributed by atoms with Crippen LogP contribution in [-0.4, -0.2) is 56.8 Å². The number of hydrogen-bond donors (Lipinski definition) is 0. The Labute approximate surface area is 401 Å². The average Bonchev–Trinajstić information content (AvgIpc) is 3.39. The van der Waals surface area contributed by atoms with Crippen LogP contribution in [0.3, 0.4) is 0 Å². The molecule has 13 heteroatoms. The van der Waals surface area contributed by atoms with Crippen LogP contribution >= 0.6 is 0 Å². The molecule has 0 aliphatic carbocycles. The van der Waals surface area contributed by atoms with Crippen LogP contribution < -0.4 is 19.8 Å². The molecule has 0 saturated heterocycles. The van der Waals surface area contributed by atoms with Crippen molar-refractivity contribution < 1.29 is 38.0 Å². The zero-order valence-electron chi connectivity index (χ0n) is 38.4. The molecule has 13 nitrogen and oxygen atoms in total. The van der Waals surface area contributed by atoms with Gasteiger partial charge in [-0.05, 0) is 40.3 Å². The molecule has 0 spiro atoms. The van der Waals surface area contributed by atoms with E-state index >= 15 is 0 Å². The summed E-state index contributed by atoms with van der Waals surface area (Å²) in [4.78, 5) is 41.5. The smallest absolute Gasteiger partial charge is 0.322 e. The van der Waals surface area contributed by atoms with E-state index in [1.165, 1.54) is 11.5 Å². The van der Waals surface area contributed by atoms with Crippen molar-refractivity contribution in [3.8, 4) is 17.8 Å². The molecule has 0 aliphatic rings. The molecule has 3 atom stereocenters. The summed E-state index contributed by atoms with van der Waals surface area (Å²) in [5.41, 5.74) is 4.97. The molecule has 8 aromatic rings. The van der Waals surface area contributed by atoms with Crippen molar-refractivity contribution in [3.05, 3.63) is 226 Å². The first kappa shape index (κ1) is 47.9. The molecule has 0 saturated carbocycles. The highest BCUT2D eigenvalue weighted by Crippen LogP contribution is 2.28. The monoisotopic (exact) mass is 926 g/mol. The predicted molar refractivity (Wildman–Crippen MR) is 260 cm³/mol. The summed E-state index contributed by atoms with van der Waals surface area (Å²) < 4.78 is 47.1. The van der Waals surface area contributed by atoms with E-state index in [1.54, 1.807) is 0 Å². The van der Waals surface area contributed by atoms with Crippen LogP contribution in [-0.2, 0) is 69.9 Å². The van der Waals surface area contributed by atoms with E-state index in [0.717, 1.165) is 33.4 Å². The summed E-state index contributed by atoms with van der Waals surface area (Å²) in [7, 11) is 0. The SMILES string of the molecule is CC(=O)COc1nc2c(OCc3ccccc3)nc(OCc3ccccc3)nc2n(C[C@H](OCc2ccccc2)[C@H](OCc2ccccc2)[C@@H](COCc2ccccc2)OCc2ccccc2)c1=O. The fraction of sp³-hybridized carbons (Fsp3) is 0.232. The van der Waals surface area contributed by atoms with Crippen molar-refractivity contribution in [3.63, 3.8) is 0 Å². The largest absolute Gasteiger partial charge is 0.471 e. The maximum atomic E-state index is 15.0. The summed E-state index contributed by atoms with van der Waals surface area (Å²) in [5, 5.41) is 0. The highest BCUT2D eigenvalue weighted by Gasteiger charge is 2.35. The molecule has 69 heavy (non-hydrogen) atoms. The number of nitrogens with zero attached hydrogens (tertiary/aromatic N) is 4. The molecule has 2 aromatic heterocycles. The second kappa shape index (κ2) is 25.0. The minimum Gasteiger partial charge on any atom is -0.471 e. The van der Waals surface area contributed by atoms with E-state index in [9.17, 15) is 9.59 Å².